The van der Waals surface area contributed by atoms with Crippen LogP contribution in [0.1, 0.15) is 9.67 Å². The van der Waals surface area contributed by atoms with Gasteiger partial charge in [-0.15, -0.1) is 11.3 Å². The molecule has 29 heavy (non-hydrogen) atoms. The average Bonchev–Trinajstić information content (AvgIpc) is 3.48. The summed E-state index contributed by atoms with van der Waals surface area (Å²) in [7, 11) is 0. The Hall–Kier alpha value is -3.36. The van der Waals surface area contributed by atoms with E-state index in [0.717, 1.165) is 16.3 Å². The fourth-order valence-corrected chi connectivity index (χ4v) is 4.02. The second-order valence-corrected chi connectivity index (χ2v) is 7.63. The Labute approximate surface area is 174 Å². The number of ether oxygens (including phenoxy) is 2. The van der Waals surface area contributed by atoms with Crippen molar-refractivity contribution in [2.24, 2.45) is 0 Å². The van der Waals surface area contributed by atoms with E-state index in [4.69, 9.17) is 21.1 Å². The zero-order chi connectivity index (χ0) is 19.8. The SMILES string of the molecule is O=C(Nc1ccc(-n2ccnc2)c(Cl)c1)c1cnc(-c2ccc3c(c2)OCO3)s1. The molecule has 0 saturated heterocycles. The number of aromatic nitrogens is 3. The number of fused-ring (bicyclic) bond motifs is 1. The summed E-state index contributed by atoms with van der Waals surface area (Å²) in [6.45, 7) is 0.215. The summed E-state index contributed by atoms with van der Waals surface area (Å²) in [5, 5.41) is 4.09. The Bertz CT molecular complexity index is 1210. The minimum Gasteiger partial charge on any atom is -0.454 e. The summed E-state index contributed by atoms with van der Waals surface area (Å²) in [6, 6.07) is 10.9. The van der Waals surface area contributed by atoms with E-state index < -0.39 is 0 Å². The number of thiazole rings is 1. The van der Waals surface area contributed by atoms with Crippen LogP contribution in [0.25, 0.3) is 16.3 Å². The number of imidazole rings is 1. The van der Waals surface area contributed by atoms with Gasteiger partial charge in [0.2, 0.25) is 6.79 Å². The first-order chi connectivity index (χ1) is 14.2. The minimum atomic E-state index is -0.249. The van der Waals surface area contributed by atoms with Gasteiger partial charge in [-0.3, -0.25) is 4.79 Å². The number of carbonyl (C=O) groups excluding carboxylic acids is 1. The fraction of sp³-hybridized carbons (Fsp3) is 0.0500. The molecule has 1 aliphatic rings. The van der Waals surface area contributed by atoms with Crippen molar-refractivity contribution in [3.8, 4) is 27.8 Å². The number of benzene rings is 2. The molecule has 144 valence electrons. The molecule has 0 spiro atoms. The summed E-state index contributed by atoms with van der Waals surface area (Å²) in [5.74, 6) is 1.14. The maximum Gasteiger partial charge on any atom is 0.267 e. The number of hydrogen-bond donors (Lipinski definition) is 1. The molecule has 1 N–H and O–H groups in total. The van der Waals surface area contributed by atoms with Gasteiger partial charge < -0.3 is 19.4 Å². The first kappa shape index (κ1) is 17.7. The van der Waals surface area contributed by atoms with Crippen LogP contribution in [0.15, 0.2) is 61.3 Å². The second-order valence-electron chi connectivity index (χ2n) is 6.19. The van der Waals surface area contributed by atoms with Crippen molar-refractivity contribution < 1.29 is 14.3 Å². The standard InChI is InChI=1S/C20H13ClN4O3S/c21-14-8-13(2-3-15(14)25-6-5-22-10-25)24-19(26)18-9-23-20(29-18)12-1-4-16-17(7-12)28-11-27-16/h1-10H,11H2,(H,24,26). The number of halogens is 1. The topological polar surface area (TPSA) is 78.3 Å². The molecular formula is C20H13ClN4O3S. The van der Waals surface area contributed by atoms with Crippen LogP contribution in [0.5, 0.6) is 11.5 Å². The molecule has 0 atom stereocenters. The molecule has 1 aliphatic heterocycles. The smallest absolute Gasteiger partial charge is 0.267 e. The molecule has 0 aliphatic carbocycles. The maximum atomic E-state index is 12.6. The molecule has 0 radical (unpaired) electrons. The fourth-order valence-electron chi connectivity index (χ4n) is 2.93. The minimum absolute atomic E-state index is 0.215. The summed E-state index contributed by atoms with van der Waals surface area (Å²) < 4.78 is 12.5. The molecule has 0 saturated carbocycles. The van der Waals surface area contributed by atoms with Gasteiger partial charge in [-0.2, -0.15) is 0 Å². The van der Waals surface area contributed by atoms with Crippen LogP contribution >= 0.6 is 22.9 Å². The zero-order valence-electron chi connectivity index (χ0n) is 14.8. The number of rotatable bonds is 4. The van der Waals surface area contributed by atoms with Crippen LogP contribution in [-0.4, -0.2) is 27.2 Å². The summed E-state index contributed by atoms with van der Waals surface area (Å²) in [6.07, 6.45) is 6.69. The largest absolute Gasteiger partial charge is 0.454 e. The Balaban J connectivity index is 1.33. The van der Waals surface area contributed by atoms with Crippen LogP contribution in [0.2, 0.25) is 5.02 Å². The van der Waals surface area contributed by atoms with E-state index in [1.165, 1.54) is 11.3 Å². The van der Waals surface area contributed by atoms with Crippen LogP contribution in [0.3, 0.4) is 0 Å². The first-order valence-corrected chi connectivity index (χ1v) is 9.82. The van der Waals surface area contributed by atoms with E-state index in [9.17, 15) is 4.79 Å². The van der Waals surface area contributed by atoms with Gasteiger partial charge in [0.1, 0.15) is 9.88 Å². The lowest BCUT2D eigenvalue weighted by atomic mass is 10.2. The van der Waals surface area contributed by atoms with Crippen LogP contribution in [0.4, 0.5) is 5.69 Å². The lowest BCUT2D eigenvalue weighted by molar-refractivity contribution is 0.103. The second kappa shape index (κ2) is 7.23. The summed E-state index contributed by atoms with van der Waals surface area (Å²) in [4.78, 5) is 21.5. The van der Waals surface area contributed by atoms with Gasteiger partial charge in [0.05, 0.1) is 23.2 Å². The number of anilines is 1. The van der Waals surface area contributed by atoms with Gasteiger partial charge >= 0.3 is 0 Å². The highest BCUT2D eigenvalue weighted by Gasteiger charge is 2.17. The Morgan fingerprint density at radius 2 is 2.07 bits per heavy atom. The third-order valence-electron chi connectivity index (χ3n) is 4.34. The van der Waals surface area contributed by atoms with Crippen molar-refractivity contribution in [1.29, 1.82) is 0 Å². The molecular weight excluding hydrogens is 412 g/mol. The zero-order valence-corrected chi connectivity index (χ0v) is 16.4. The van der Waals surface area contributed by atoms with Crippen molar-refractivity contribution in [3.63, 3.8) is 0 Å². The average molecular weight is 425 g/mol. The molecule has 0 unspecified atom stereocenters. The molecule has 0 fully saturated rings. The molecule has 3 heterocycles. The molecule has 2 aromatic carbocycles. The number of amides is 1. The monoisotopic (exact) mass is 424 g/mol. The van der Waals surface area contributed by atoms with Gasteiger partial charge in [0.25, 0.3) is 5.91 Å². The van der Waals surface area contributed by atoms with Gasteiger partial charge in [0, 0.05) is 23.6 Å². The molecule has 9 heteroatoms. The van der Waals surface area contributed by atoms with Crippen molar-refractivity contribution in [1.82, 2.24) is 14.5 Å². The highest BCUT2D eigenvalue weighted by Crippen LogP contribution is 2.37. The first-order valence-electron chi connectivity index (χ1n) is 8.62. The number of carbonyl (C=O) groups is 1. The Morgan fingerprint density at radius 3 is 2.90 bits per heavy atom. The van der Waals surface area contributed by atoms with Crippen molar-refractivity contribution in [2.75, 3.05) is 12.1 Å². The molecule has 1 amide bonds. The third-order valence-corrected chi connectivity index (χ3v) is 5.69. The molecule has 7 nitrogen and oxygen atoms in total. The van der Waals surface area contributed by atoms with E-state index in [0.29, 0.717) is 27.1 Å². The van der Waals surface area contributed by atoms with E-state index >= 15 is 0 Å². The molecule has 4 aromatic rings. The van der Waals surface area contributed by atoms with Crippen molar-refractivity contribution in [3.05, 3.63) is 71.2 Å². The highest BCUT2D eigenvalue weighted by atomic mass is 35.5. The number of hydrogen-bond acceptors (Lipinski definition) is 6. The highest BCUT2D eigenvalue weighted by molar-refractivity contribution is 7.17. The van der Waals surface area contributed by atoms with E-state index in [2.05, 4.69) is 15.3 Å². The summed E-state index contributed by atoms with van der Waals surface area (Å²) in [5.41, 5.74) is 2.25. The van der Waals surface area contributed by atoms with Crippen molar-refractivity contribution >= 4 is 34.5 Å². The van der Waals surface area contributed by atoms with E-state index in [-0.39, 0.29) is 12.7 Å². The van der Waals surface area contributed by atoms with Crippen molar-refractivity contribution in [2.45, 2.75) is 0 Å². The molecule has 2 aromatic heterocycles. The lowest BCUT2D eigenvalue weighted by Crippen LogP contribution is -2.10. The van der Waals surface area contributed by atoms with Gasteiger partial charge in [-0.05, 0) is 36.4 Å². The summed E-state index contributed by atoms with van der Waals surface area (Å²) >= 11 is 7.65. The molecule has 5 rings (SSSR count). The van der Waals surface area contributed by atoms with E-state index in [1.54, 1.807) is 41.6 Å². The van der Waals surface area contributed by atoms with Gasteiger partial charge in [-0.1, -0.05) is 11.6 Å². The predicted molar refractivity (Wildman–Crippen MR) is 110 cm³/mol. The number of nitrogens with zero attached hydrogens (tertiary/aromatic N) is 3. The lowest BCUT2D eigenvalue weighted by Gasteiger charge is -2.08. The van der Waals surface area contributed by atoms with Crippen LogP contribution < -0.4 is 14.8 Å². The normalized spacial score (nSPS) is 12.2. The quantitative estimate of drug-likeness (QED) is 0.516. The maximum absolute atomic E-state index is 12.6. The Morgan fingerprint density at radius 1 is 1.17 bits per heavy atom. The third kappa shape index (κ3) is 3.43. The van der Waals surface area contributed by atoms with Crippen LogP contribution in [-0.2, 0) is 0 Å². The predicted octanol–water partition coefficient (Wildman–Crippen LogP) is 4.63. The van der Waals surface area contributed by atoms with Gasteiger partial charge in [0.15, 0.2) is 11.5 Å². The van der Waals surface area contributed by atoms with E-state index in [1.807, 2.05) is 24.3 Å². The number of nitrogens with one attached hydrogen (secondary N) is 1. The molecule has 0 bridgehead atoms. The van der Waals surface area contributed by atoms with Gasteiger partial charge in [-0.25, -0.2) is 9.97 Å². The van der Waals surface area contributed by atoms with Crippen LogP contribution in [0, 0.1) is 0 Å². The Kier molecular flexibility index (Phi) is 4.42.